The van der Waals surface area contributed by atoms with Crippen LogP contribution in [0.1, 0.15) is 26.0 Å². The number of methoxy groups -OCH3 is 1. The Morgan fingerprint density at radius 2 is 1.82 bits per heavy atom. The number of halogens is 1. The van der Waals surface area contributed by atoms with E-state index in [0.717, 1.165) is 26.6 Å². The predicted molar refractivity (Wildman–Crippen MR) is 133 cm³/mol. The minimum atomic E-state index is -0.495. The van der Waals surface area contributed by atoms with Crippen molar-refractivity contribution in [3.8, 4) is 5.75 Å². The lowest BCUT2D eigenvalue weighted by molar-refractivity contribution is 0.0606. The lowest BCUT2D eigenvalue weighted by Gasteiger charge is -2.06. The SMILES string of the molecule is COC(=O)c1sc2cc(NC(=O)c3ccc(COc4ccc5ccccc5c4)o3)ccc2c1Cl. The molecule has 0 aliphatic carbocycles. The van der Waals surface area contributed by atoms with Crippen LogP contribution in [-0.4, -0.2) is 19.0 Å². The van der Waals surface area contributed by atoms with Crippen LogP contribution in [0.15, 0.2) is 77.2 Å². The van der Waals surface area contributed by atoms with Crippen molar-refractivity contribution in [3.05, 3.63) is 94.2 Å². The zero-order chi connectivity index (χ0) is 23.7. The molecule has 0 fully saturated rings. The van der Waals surface area contributed by atoms with Crippen molar-refractivity contribution in [1.82, 2.24) is 0 Å². The first-order valence-corrected chi connectivity index (χ1v) is 11.5. The van der Waals surface area contributed by atoms with Crippen molar-refractivity contribution < 1.29 is 23.5 Å². The third-order valence-electron chi connectivity index (χ3n) is 5.25. The van der Waals surface area contributed by atoms with Crippen LogP contribution in [0.25, 0.3) is 20.9 Å². The number of anilines is 1. The first-order valence-electron chi connectivity index (χ1n) is 10.3. The van der Waals surface area contributed by atoms with Gasteiger partial charge in [0.15, 0.2) is 5.76 Å². The minimum absolute atomic E-state index is 0.164. The van der Waals surface area contributed by atoms with E-state index in [0.29, 0.717) is 21.3 Å². The number of thiophene rings is 1. The molecule has 170 valence electrons. The van der Waals surface area contributed by atoms with E-state index in [9.17, 15) is 9.59 Å². The van der Waals surface area contributed by atoms with E-state index in [1.807, 2.05) is 42.5 Å². The summed E-state index contributed by atoms with van der Waals surface area (Å²) in [6.07, 6.45) is 0. The van der Waals surface area contributed by atoms with Gasteiger partial charge in [0.1, 0.15) is 23.0 Å². The number of hydrogen-bond donors (Lipinski definition) is 1. The number of ether oxygens (including phenoxy) is 2. The maximum absolute atomic E-state index is 12.7. The molecule has 0 radical (unpaired) electrons. The van der Waals surface area contributed by atoms with E-state index in [-0.39, 0.29) is 12.4 Å². The topological polar surface area (TPSA) is 77.8 Å². The Balaban J connectivity index is 1.26. The number of carbonyl (C=O) groups excluding carboxylic acids is 2. The van der Waals surface area contributed by atoms with Gasteiger partial charge in [-0.2, -0.15) is 0 Å². The van der Waals surface area contributed by atoms with Crippen molar-refractivity contribution in [1.29, 1.82) is 0 Å². The van der Waals surface area contributed by atoms with Crippen LogP contribution in [0, 0.1) is 0 Å². The molecule has 0 bridgehead atoms. The first kappa shape index (κ1) is 22.0. The number of benzene rings is 3. The van der Waals surface area contributed by atoms with Crippen LogP contribution >= 0.6 is 22.9 Å². The summed E-state index contributed by atoms with van der Waals surface area (Å²) in [4.78, 5) is 24.9. The summed E-state index contributed by atoms with van der Waals surface area (Å²) in [6.45, 7) is 0.196. The average molecular weight is 492 g/mol. The molecule has 0 aliphatic rings. The van der Waals surface area contributed by atoms with Crippen LogP contribution in [-0.2, 0) is 11.3 Å². The molecule has 8 heteroatoms. The molecule has 0 aliphatic heterocycles. The third-order valence-corrected chi connectivity index (χ3v) is 6.88. The molecule has 34 heavy (non-hydrogen) atoms. The summed E-state index contributed by atoms with van der Waals surface area (Å²) in [5.41, 5.74) is 0.553. The van der Waals surface area contributed by atoms with E-state index in [1.165, 1.54) is 18.4 Å². The molecular weight excluding hydrogens is 474 g/mol. The van der Waals surface area contributed by atoms with Crippen LogP contribution < -0.4 is 10.1 Å². The van der Waals surface area contributed by atoms with Gasteiger partial charge in [0, 0.05) is 15.8 Å². The second-order valence-electron chi connectivity index (χ2n) is 7.47. The van der Waals surface area contributed by atoms with Crippen molar-refractivity contribution in [2.75, 3.05) is 12.4 Å². The smallest absolute Gasteiger partial charge is 0.349 e. The normalized spacial score (nSPS) is 11.0. The van der Waals surface area contributed by atoms with Gasteiger partial charge in [0.25, 0.3) is 5.91 Å². The lowest BCUT2D eigenvalue weighted by atomic mass is 10.1. The van der Waals surface area contributed by atoms with Gasteiger partial charge in [0.05, 0.1) is 12.1 Å². The highest BCUT2D eigenvalue weighted by Gasteiger charge is 2.18. The lowest BCUT2D eigenvalue weighted by Crippen LogP contribution is -2.10. The van der Waals surface area contributed by atoms with Gasteiger partial charge in [-0.05, 0) is 53.2 Å². The van der Waals surface area contributed by atoms with Crippen LogP contribution in [0.3, 0.4) is 0 Å². The number of rotatable bonds is 6. The number of esters is 1. The molecule has 3 aromatic carbocycles. The second-order valence-corrected chi connectivity index (χ2v) is 8.90. The van der Waals surface area contributed by atoms with Gasteiger partial charge in [-0.25, -0.2) is 4.79 Å². The molecule has 0 saturated heterocycles. The Labute approximate surface area is 203 Å². The molecule has 6 nitrogen and oxygen atoms in total. The molecule has 2 heterocycles. The molecule has 0 saturated carbocycles. The molecule has 1 N–H and O–H groups in total. The molecule has 1 amide bonds. The highest BCUT2D eigenvalue weighted by atomic mass is 35.5. The monoisotopic (exact) mass is 491 g/mol. The quantitative estimate of drug-likeness (QED) is 0.261. The molecule has 5 rings (SSSR count). The molecule has 0 spiro atoms. The summed E-state index contributed by atoms with van der Waals surface area (Å²) in [6, 6.07) is 22.4. The number of amides is 1. The standard InChI is InChI=1S/C26H18ClNO5S/c1-31-26(30)24-23(27)20-10-7-17(13-22(20)34-24)28-25(29)21-11-9-19(33-21)14-32-18-8-6-15-4-2-3-5-16(15)12-18/h2-13H,14H2,1H3,(H,28,29). The summed E-state index contributed by atoms with van der Waals surface area (Å²) in [5, 5.41) is 6.08. The van der Waals surface area contributed by atoms with Crippen molar-refractivity contribution >= 4 is 61.4 Å². The first-order chi connectivity index (χ1) is 16.5. The second kappa shape index (κ2) is 9.21. The molecule has 0 unspecified atom stereocenters. The Hall–Kier alpha value is -3.81. The summed E-state index contributed by atoms with van der Waals surface area (Å²) in [7, 11) is 1.30. The molecular formula is C26H18ClNO5S. The summed E-state index contributed by atoms with van der Waals surface area (Å²) in [5.74, 6) is 0.520. The van der Waals surface area contributed by atoms with E-state index in [2.05, 4.69) is 5.32 Å². The van der Waals surface area contributed by atoms with Gasteiger partial charge in [-0.3, -0.25) is 4.79 Å². The van der Waals surface area contributed by atoms with Crippen LogP contribution in [0.5, 0.6) is 5.75 Å². The summed E-state index contributed by atoms with van der Waals surface area (Å²) >= 11 is 7.49. The average Bonchev–Trinajstić information content (AvgIpc) is 3.47. The number of nitrogens with one attached hydrogen (secondary N) is 1. The number of furan rings is 1. The van der Waals surface area contributed by atoms with Crippen LogP contribution in [0.4, 0.5) is 5.69 Å². The van der Waals surface area contributed by atoms with Gasteiger partial charge < -0.3 is 19.2 Å². The summed E-state index contributed by atoms with van der Waals surface area (Å²) < 4.78 is 17.0. The fourth-order valence-electron chi connectivity index (χ4n) is 3.55. The largest absolute Gasteiger partial charge is 0.486 e. The van der Waals surface area contributed by atoms with Crippen molar-refractivity contribution in [3.63, 3.8) is 0 Å². The fourth-order valence-corrected chi connectivity index (χ4v) is 5.01. The van der Waals surface area contributed by atoms with Gasteiger partial charge in [-0.15, -0.1) is 11.3 Å². The molecule has 0 atom stereocenters. The number of fused-ring (bicyclic) bond motifs is 2. The fraction of sp³-hybridized carbons (Fsp3) is 0.0769. The van der Waals surface area contributed by atoms with Gasteiger partial charge in [-0.1, -0.05) is 41.9 Å². The predicted octanol–water partition coefficient (Wildman–Crippen LogP) is 6.92. The highest BCUT2D eigenvalue weighted by Crippen LogP contribution is 2.37. The minimum Gasteiger partial charge on any atom is -0.486 e. The Morgan fingerprint density at radius 1 is 1.00 bits per heavy atom. The van der Waals surface area contributed by atoms with Gasteiger partial charge >= 0.3 is 5.97 Å². The molecule has 2 aromatic heterocycles. The Kier molecular flexibility index (Phi) is 5.96. The van der Waals surface area contributed by atoms with E-state index >= 15 is 0 Å². The number of carbonyl (C=O) groups is 2. The molecule has 5 aromatic rings. The van der Waals surface area contributed by atoms with Crippen molar-refractivity contribution in [2.24, 2.45) is 0 Å². The zero-order valence-corrected chi connectivity index (χ0v) is 19.5. The van der Waals surface area contributed by atoms with E-state index < -0.39 is 11.9 Å². The maximum Gasteiger partial charge on any atom is 0.349 e. The highest BCUT2D eigenvalue weighted by molar-refractivity contribution is 7.21. The van der Waals surface area contributed by atoms with E-state index in [4.69, 9.17) is 25.5 Å². The maximum atomic E-state index is 12.7. The van der Waals surface area contributed by atoms with Gasteiger partial charge in [0.2, 0.25) is 0 Å². The van der Waals surface area contributed by atoms with E-state index in [1.54, 1.807) is 30.3 Å². The van der Waals surface area contributed by atoms with Crippen LogP contribution in [0.2, 0.25) is 5.02 Å². The Bertz CT molecular complexity index is 1540. The number of hydrogen-bond acceptors (Lipinski definition) is 6. The zero-order valence-electron chi connectivity index (χ0n) is 18.0. The third kappa shape index (κ3) is 4.35. The van der Waals surface area contributed by atoms with Crippen molar-refractivity contribution in [2.45, 2.75) is 6.61 Å². The Morgan fingerprint density at radius 3 is 2.65 bits per heavy atom.